The van der Waals surface area contributed by atoms with Crippen molar-refractivity contribution in [2.75, 3.05) is 13.1 Å². The van der Waals surface area contributed by atoms with Crippen LogP contribution in [0.1, 0.15) is 26.2 Å². The molecular weight excluding hydrogens is 244 g/mol. The zero-order chi connectivity index (χ0) is 13.1. The molecule has 0 bridgehead atoms. The maximum Gasteiger partial charge on any atom is 0.303 e. The van der Waals surface area contributed by atoms with Crippen LogP contribution >= 0.6 is 0 Å². The SMILES string of the molecule is CC(C#N)S(=O)(=O)N1CCCC(CC(=O)O)C1. The van der Waals surface area contributed by atoms with Crippen LogP contribution in [0.4, 0.5) is 0 Å². The van der Waals surface area contributed by atoms with Crippen molar-refractivity contribution in [1.29, 1.82) is 5.26 Å². The first-order valence-corrected chi connectivity index (χ1v) is 6.98. The van der Waals surface area contributed by atoms with Gasteiger partial charge in [-0.05, 0) is 25.7 Å². The first kappa shape index (κ1) is 13.9. The van der Waals surface area contributed by atoms with Crippen molar-refractivity contribution >= 4 is 16.0 Å². The van der Waals surface area contributed by atoms with Gasteiger partial charge in [0.15, 0.2) is 5.25 Å². The second-order valence-electron chi connectivity index (χ2n) is 4.28. The smallest absolute Gasteiger partial charge is 0.303 e. The lowest BCUT2D eigenvalue weighted by atomic mass is 9.96. The van der Waals surface area contributed by atoms with Crippen LogP contribution in [-0.2, 0) is 14.8 Å². The fourth-order valence-electron chi connectivity index (χ4n) is 1.96. The Kier molecular flexibility index (Phi) is 4.48. The van der Waals surface area contributed by atoms with Gasteiger partial charge in [-0.25, -0.2) is 12.7 Å². The molecule has 2 atom stereocenters. The molecule has 1 aliphatic rings. The first-order chi connectivity index (χ1) is 7.87. The van der Waals surface area contributed by atoms with Crippen LogP contribution < -0.4 is 0 Å². The maximum atomic E-state index is 11.9. The molecule has 0 spiro atoms. The Balaban J connectivity index is 2.73. The van der Waals surface area contributed by atoms with Crippen LogP contribution in [0.3, 0.4) is 0 Å². The number of aliphatic carboxylic acids is 1. The third kappa shape index (κ3) is 3.41. The first-order valence-electron chi connectivity index (χ1n) is 5.48. The third-order valence-electron chi connectivity index (χ3n) is 2.93. The standard InChI is InChI=1S/C10H16N2O4S/c1-8(6-11)17(15,16)12-4-2-3-9(7-12)5-10(13)14/h8-9H,2-5,7H2,1H3,(H,13,14). The second-order valence-corrected chi connectivity index (χ2v) is 6.53. The zero-order valence-corrected chi connectivity index (χ0v) is 10.5. The Hall–Kier alpha value is -1.13. The van der Waals surface area contributed by atoms with Crippen LogP contribution in [0.25, 0.3) is 0 Å². The normalized spacial score (nSPS) is 23.9. The molecule has 0 amide bonds. The highest BCUT2D eigenvalue weighted by molar-refractivity contribution is 7.89. The number of nitriles is 1. The number of carboxylic acids is 1. The Bertz CT molecular complexity index is 426. The van der Waals surface area contributed by atoms with Crippen molar-refractivity contribution < 1.29 is 18.3 Å². The highest BCUT2D eigenvalue weighted by Gasteiger charge is 2.33. The van der Waals surface area contributed by atoms with Gasteiger partial charge in [0, 0.05) is 19.5 Å². The van der Waals surface area contributed by atoms with Crippen LogP contribution in [0.5, 0.6) is 0 Å². The van der Waals surface area contributed by atoms with E-state index in [1.165, 1.54) is 11.2 Å². The van der Waals surface area contributed by atoms with Gasteiger partial charge in [-0.15, -0.1) is 0 Å². The summed E-state index contributed by atoms with van der Waals surface area (Å²) in [4.78, 5) is 10.6. The molecule has 0 radical (unpaired) electrons. The molecule has 0 aromatic heterocycles. The van der Waals surface area contributed by atoms with E-state index in [4.69, 9.17) is 10.4 Å². The Morgan fingerprint density at radius 3 is 2.82 bits per heavy atom. The average molecular weight is 260 g/mol. The van der Waals surface area contributed by atoms with Crippen molar-refractivity contribution in [1.82, 2.24) is 4.31 Å². The zero-order valence-electron chi connectivity index (χ0n) is 9.66. The number of carboxylic acid groups (broad SMARTS) is 1. The van der Waals surface area contributed by atoms with E-state index in [1.807, 2.05) is 0 Å². The Morgan fingerprint density at radius 2 is 2.29 bits per heavy atom. The molecule has 96 valence electrons. The highest BCUT2D eigenvalue weighted by Crippen LogP contribution is 2.23. The number of rotatable bonds is 4. The molecule has 0 saturated carbocycles. The lowest BCUT2D eigenvalue weighted by Gasteiger charge is -2.31. The van der Waals surface area contributed by atoms with E-state index >= 15 is 0 Å². The van der Waals surface area contributed by atoms with Crippen LogP contribution in [0.2, 0.25) is 0 Å². The minimum absolute atomic E-state index is 0.0209. The molecule has 1 aliphatic heterocycles. The lowest BCUT2D eigenvalue weighted by Crippen LogP contribution is -2.43. The topological polar surface area (TPSA) is 98.5 Å². The van der Waals surface area contributed by atoms with E-state index in [0.717, 1.165) is 6.42 Å². The van der Waals surface area contributed by atoms with Crippen molar-refractivity contribution in [2.24, 2.45) is 5.92 Å². The Morgan fingerprint density at radius 1 is 1.65 bits per heavy atom. The predicted octanol–water partition coefficient (Wildman–Crippen LogP) is 0.415. The van der Waals surface area contributed by atoms with Crippen molar-refractivity contribution in [2.45, 2.75) is 31.4 Å². The summed E-state index contributed by atoms with van der Waals surface area (Å²) in [6.07, 6.45) is 1.35. The second kappa shape index (κ2) is 5.47. The molecule has 1 saturated heterocycles. The summed E-state index contributed by atoms with van der Waals surface area (Å²) in [5.41, 5.74) is 0. The summed E-state index contributed by atoms with van der Waals surface area (Å²) in [6, 6.07) is 1.71. The van der Waals surface area contributed by atoms with Crippen molar-refractivity contribution in [3.63, 3.8) is 0 Å². The molecule has 6 nitrogen and oxygen atoms in total. The molecule has 1 rings (SSSR count). The van der Waals surface area contributed by atoms with E-state index in [1.54, 1.807) is 6.07 Å². The fourth-order valence-corrected chi connectivity index (χ4v) is 3.34. The fraction of sp³-hybridized carbons (Fsp3) is 0.800. The molecule has 0 aliphatic carbocycles. The van der Waals surface area contributed by atoms with Gasteiger partial charge in [0.2, 0.25) is 10.0 Å². The molecule has 2 unspecified atom stereocenters. The largest absolute Gasteiger partial charge is 0.481 e. The van der Waals surface area contributed by atoms with Gasteiger partial charge in [-0.3, -0.25) is 4.79 Å². The highest BCUT2D eigenvalue weighted by atomic mass is 32.2. The van der Waals surface area contributed by atoms with E-state index < -0.39 is 21.2 Å². The van der Waals surface area contributed by atoms with Crippen molar-refractivity contribution in [3.8, 4) is 6.07 Å². The van der Waals surface area contributed by atoms with E-state index in [9.17, 15) is 13.2 Å². The maximum absolute atomic E-state index is 11.9. The number of hydrogen-bond acceptors (Lipinski definition) is 4. The number of hydrogen-bond donors (Lipinski definition) is 1. The van der Waals surface area contributed by atoms with E-state index in [2.05, 4.69) is 0 Å². The summed E-state index contributed by atoms with van der Waals surface area (Å²) >= 11 is 0. The molecule has 17 heavy (non-hydrogen) atoms. The number of carbonyl (C=O) groups is 1. The minimum atomic E-state index is -3.60. The monoisotopic (exact) mass is 260 g/mol. The van der Waals surface area contributed by atoms with Gasteiger partial charge >= 0.3 is 5.97 Å². The van der Waals surface area contributed by atoms with E-state index in [0.29, 0.717) is 13.0 Å². The Labute approximate surface area is 101 Å². The molecule has 0 aromatic carbocycles. The quantitative estimate of drug-likeness (QED) is 0.789. The summed E-state index contributed by atoms with van der Waals surface area (Å²) in [5, 5.41) is 16.3. The van der Waals surface area contributed by atoms with E-state index in [-0.39, 0.29) is 18.9 Å². The summed E-state index contributed by atoms with van der Waals surface area (Å²) < 4.78 is 25.1. The summed E-state index contributed by atoms with van der Waals surface area (Å²) in [5.74, 6) is -1.07. The lowest BCUT2D eigenvalue weighted by molar-refractivity contribution is -0.138. The molecule has 7 heteroatoms. The van der Waals surface area contributed by atoms with Gasteiger partial charge in [0.1, 0.15) is 0 Å². The number of nitrogens with zero attached hydrogens (tertiary/aromatic N) is 2. The van der Waals surface area contributed by atoms with Gasteiger partial charge in [0.05, 0.1) is 6.07 Å². The average Bonchev–Trinajstić information content (AvgIpc) is 2.27. The predicted molar refractivity (Wildman–Crippen MR) is 60.5 cm³/mol. The number of sulfonamides is 1. The molecule has 0 aromatic rings. The molecule has 1 N–H and O–H groups in total. The van der Waals surface area contributed by atoms with Crippen molar-refractivity contribution in [3.05, 3.63) is 0 Å². The van der Waals surface area contributed by atoms with Gasteiger partial charge in [-0.2, -0.15) is 5.26 Å². The van der Waals surface area contributed by atoms with Crippen LogP contribution in [-0.4, -0.2) is 42.1 Å². The summed E-state index contributed by atoms with van der Waals surface area (Å²) in [7, 11) is -3.60. The number of piperidine rings is 1. The molecular formula is C10H16N2O4S. The van der Waals surface area contributed by atoms with Gasteiger partial charge < -0.3 is 5.11 Å². The minimum Gasteiger partial charge on any atom is -0.481 e. The van der Waals surface area contributed by atoms with Gasteiger partial charge in [0.25, 0.3) is 0 Å². The van der Waals surface area contributed by atoms with Crippen LogP contribution in [0, 0.1) is 17.2 Å². The molecule has 1 fully saturated rings. The summed E-state index contributed by atoms with van der Waals surface area (Å²) in [6.45, 7) is 1.93. The third-order valence-corrected chi connectivity index (χ3v) is 4.98. The molecule has 1 heterocycles. The van der Waals surface area contributed by atoms with Crippen LogP contribution in [0.15, 0.2) is 0 Å². The van der Waals surface area contributed by atoms with Gasteiger partial charge in [-0.1, -0.05) is 0 Å².